The number of amides is 1. The molecule has 1 aromatic carbocycles. The van der Waals surface area contributed by atoms with E-state index >= 15 is 0 Å². The zero-order chi connectivity index (χ0) is 18.5. The maximum Gasteiger partial charge on any atom is 0.223 e. The van der Waals surface area contributed by atoms with E-state index in [2.05, 4.69) is 15.3 Å². The van der Waals surface area contributed by atoms with E-state index in [1.807, 2.05) is 31.3 Å². The van der Waals surface area contributed by atoms with Gasteiger partial charge in [-0.2, -0.15) is 5.10 Å². The molecule has 0 spiro atoms. The van der Waals surface area contributed by atoms with Crippen LogP contribution < -0.4 is 5.32 Å². The number of benzene rings is 1. The lowest BCUT2D eigenvalue weighted by Crippen LogP contribution is -2.47. The topological polar surface area (TPSA) is 53.4 Å². The molecule has 2 aromatic rings. The summed E-state index contributed by atoms with van der Waals surface area (Å²) in [5.74, 6) is -0.0933. The summed E-state index contributed by atoms with van der Waals surface area (Å²) in [6, 6.07) is 6.47. The van der Waals surface area contributed by atoms with Gasteiger partial charge in [0.25, 0.3) is 0 Å². The minimum atomic E-state index is -0.262. The minimum Gasteiger partial charge on any atom is -0.340 e. The van der Waals surface area contributed by atoms with Crippen molar-refractivity contribution in [3.05, 3.63) is 53.6 Å². The number of halogens is 3. The Morgan fingerprint density at radius 3 is 2.61 bits per heavy atom. The normalized spacial score (nSPS) is 14.9. The average Bonchev–Trinajstić information content (AvgIpc) is 3.06. The van der Waals surface area contributed by atoms with Gasteiger partial charge in [-0.15, -0.1) is 24.8 Å². The van der Waals surface area contributed by atoms with Crippen molar-refractivity contribution in [2.24, 2.45) is 7.05 Å². The summed E-state index contributed by atoms with van der Waals surface area (Å²) in [5, 5.41) is 7.50. The average molecular weight is 432 g/mol. The number of hydrogen-bond donors (Lipinski definition) is 1. The maximum absolute atomic E-state index is 13.8. The zero-order valence-corrected chi connectivity index (χ0v) is 17.8. The van der Waals surface area contributed by atoms with Crippen LogP contribution in [0.25, 0.3) is 0 Å². The molecule has 0 saturated carbocycles. The van der Waals surface area contributed by atoms with Gasteiger partial charge in [0.1, 0.15) is 5.82 Å². The SMILES string of the molecule is CN(CCC(=O)N1CCNCC1)C(c1cccc(F)c1)c1cnn(C)c1.Cl.Cl. The van der Waals surface area contributed by atoms with E-state index in [9.17, 15) is 9.18 Å². The van der Waals surface area contributed by atoms with Crippen molar-refractivity contribution in [1.82, 2.24) is 24.9 Å². The molecular formula is C19H28Cl2FN5O. The Morgan fingerprint density at radius 1 is 1.29 bits per heavy atom. The van der Waals surface area contributed by atoms with E-state index in [4.69, 9.17) is 0 Å². The highest BCUT2D eigenvalue weighted by molar-refractivity contribution is 5.85. The fraction of sp³-hybridized carbons (Fsp3) is 0.474. The Labute approximate surface area is 177 Å². The van der Waals surface area contributed by atoms with Gasteiger partial charge in [-0.05, 0) is 24.7 Å². The fourth-order valence-corrected chi connectivity index (χ4v) is 3.43. The van der Waals surface area contributed by atoms with Crippen LogP contribution in [0, 0.1) is 5.82 Å². The number of aromatic nitrogens is 2. The predicted molar refractivity (Wildman–Crippen MR) is 113 cm³/mol. The minimum absolute atomic E-state index is 0. The monoisotopic (exact) mass is 431 g/mol. The Morgan fingerprint density at radius 2 is 2.00 bits per heavy atom. The largest absolute Gasteiger partial charge is 0.340 e. The molecule has 2 heterocycles. The Kier molecular flexibility index (Phi) is 9.89. The molecule has 6 nitrogen and oxygen atoms in total. The van der Waals surface area contributed by atoms with Gasteiger partial charge in [-0.25, -0.2) is 4.39 Å². The van der Waals surface area contributed by atoms with Gasteiger partial charge in [0.15, 0.2) is 0 Å². The first kappa shape index (κ1) is 24.4. The second-order valence-corrected chi connectivity index (χ2v) is 6.77. The van der Waals surface area contributed by atoms with E-state index in [-0.39, 0.29) is 42.6 Å². The standard InChI is InChI=1S/C19H26FN5O.2ClH/c1-23(9-6-18(26)25-10-7-21-8-11-25)19(16-13-22-24(2)14-16)15-4-3-5-17(20)12-15;;/h3-5,12-14,19,21H,6-11H2,1-2H3;2*1H. The van der Waals surface area contributed by atoms with Crippen molar-refractivity contribution in [2.45, 2.75) is 12.5 Å². The number of hydrogen-bond acceptors (Lipinski definition) is 4. The number of piperazine rings is 1. The van der Waals surface area contributed by atoms with Crippen molar-refractivity contribution in [2.75, 3.05) is 39.8 Å². The second kappa shape index (κ2) is 11.4. The van der Waals surface area contributed by atoms with Crippen LogP contribution in [0.3, 0.4) is 0 Å². The third-order valence-electron chi connectivity index (χ3n) is 4.79. The molecule has 156 valence electrons. The molecule has 1 saturated heterocycles. The summed E-state index contributed by atoms with van der Waals surface area (Å²) in [5.41, 5.74) is 1.84. The zero-order valence-electron chi connectivity index (χ0n) is 16.2. The lowest BCUT2D eigenvalue weighted by Gasteiger charge is -2.30. The van der Waals surface area contributed by atoms with Crippen molar-refractivity contribution in [1.29, 1.82) is 0 Å². The van der Waals surface area contributed by atoms with Crippen LogP contribution in [0.4, 0.5) is 4.39 Å². The van der Waals surface area contributed by atoms with Gasteiger partial charge < -0.3 is 10.2 Å². The quantitative estimate of drug-likeness (QED) is 0.761. The van der Waals surface area contributed by atoms with Crippen LogP contribution in [0.5, 0.6) is 0 Å². The van der Waals surface area contributed by atoms with Crippen LogP contribution in [0.15, 0.2) is 36.7 Å². The number of nitrogens with one attached hydrogen (secondary N) is 1. The summed E-state index contributed by atoms with van der Waals surface area (Å²) < 4.78 is 15.5. The van der Waals surface area contributed by atoms with Crippen molar-refractivity contribution in [3.63, 3.8) is 0 Å². The van der Waals surface area contributed by atoms with E-state index in [0.29, 0.717) is 13.0 Å². The first-order chi connectivity index (χ1) is 12.5. The highest BCUT2D eigenvalue weighted by Crippen LogP contribution is 2.28. The van der Waals surface area contributed by atoms with Crippen LogP contribution >= 0.6 is 24.8 Å². The van der Waals surface area contributed by atoms with E-state index < -0.39 is 0 Å². The number of carbonyl (C=O) groups excluding carboxylic acids is 1. The molecule has 28 heavy (non-hydrogen) atoms. The molecule has 0 bridgehead atoms. The van der Waals surface area contributed by atoms with Crippen LogP contribution in [0.2, 0.25) is 0 Å². The molecule has 1 aromatic heterocycles. The molecule has 1 aliphatic heterocycles. The molecule has 1 fully saturated rings. The summed E-state index contributed by atoms with van der Waals surface area (Å²) in [7, 11) is 3.83. The van der Waals surface area contributed by atoms with Gasteiger partial charge in [-0.3, -0.25) is 14.4 Å². The van der Waals surface area contributed by atoms with Gasteiger partial charge >= 0.3 is 0 Å². The molecule has 1 N–H and O–H groups in total. The smallest absolute Gasteiger partial charge is 0.223 e. The van der Waals surface area contributed by atoms with Crippen LogP contribution in [-0.4, -0.2) is 65.3 Å². The number of nitrogens with zero attached hydrogens (tertiary/aromatic N) is 4. The molecular weight excluding hydrogens is 404 g/mol. The molecule has 0 aliphatic carbocycles. The molecule has 1 amide bonds. The van der Waals surface area contributed by atoms with Crippen LogP contribution in [-0.2, 0) is 11.8 Å². The highest BCUT2D eigenvalue weighted by Gasteiger charge is 2.23. The molecule has 0 radical (unpaired) electrons. The van der Waals surface area contributed by atoms with Crippen molar-refractivity contribution in [3.8, 4) is 0 Å². The molecule has 1 unspecified atom stereocenters. The second-order valence-electron chi connectivity index (χ2n) is 6.77. The van der Waals surface area contributed by atoms with Gasteiger partial charge in [-0.1, -0.05) is 12.1 Å². The highest BCUT2D eigenvalue weighted by atomic mass is 35.5. The molecule has 9 heteroatoms. The van der Waals surface area contributed by atoms with Crippen molar-refractivity contribution >= 4 is 30.7 Å². The summed E-state index contributed by atoms with van der Waals surface area (Å²) in [6.07, 6.45) is 4.18. The predicted octanol–water partition coefficient (Wildman–Crippen LogP) is 2.25. The Hall–Kier alpha value is -1.67. The lowest BCUT2D eigenvalue weighted by atomic mass is 10.00. The van der Waals surface area contributed by atoms with Gasteiger partial charge in [0.05, 0.1) is 12.2 Å². The number of rotatable bonds is 6. The van der Waals surface area contributed by atoms with Gasteiger partial charge in [0, 0.05) is 58.0 Å². The maximum atomic E-state index is 13.8. The Bertz CT molecular complexity index is 751. The summed E-state index contributed by atoms with van der Waals surface area (Å²) in [4.78, 5) is 16.4. The van der Waals surface area contributed by atoms with Gasteiger partial charge in [0.2, 0.25) is 5.91 Å². The summed E-state index contributed by atoms with van der Waals surface area (Å²) in [6.45, 7) is 3.82. The van der Waals surface area contributed by atoms with E-state index in [1.165, 1.54) is 6.07 Å². The number of carbonyl (C=O) groups is 1. The fourth-order valence-electron chi connectivity index (χ4n) is 3.43. The third kappa shape index (κ3) is 6.17. The third-order valence-corrected chi connectivity index (χ3v) is 4.79. The molecule has 3 rings (SSSR count). The Balaban J connectivity index is 0.00000196. The molecule has 1 atom stereocenters. The van der Waals surface area contributed by atoms with Crippen LogP contribution in [0.1, 0.15) is 23.6 Å². The lowest BCUT2D eigenvalue weighted by molar-refractivity contribution is -0.132. The van der Waals surface area contributed by atoms with E-state index in [1.54, 1.807) is 23.0 Å². The molecule has 1 aliphatic rings. The number of aryl methyl sites for hydroxylation is 1. The van der Waals surface area contributed by atoms with Crippen molar-refractivity contribution < 1.29 is 9.18 Å². The summed E-state index contributed by atoms with van der Waals surface area (Å²) >= 11 is 0. The first-order valence-electron chi connectivity index (χ1n) is 8.97. The first-order valence-corrected chi connectivity index (χ1v) is 8.97. The van der Waals surface area contributed by atoms with E-state index in [0.717, 1.165) is 37.3 Å².